The van der Waals surface area contributed by atoms with Crippen molar-refractivity contribution in [1.29, 1.82) is 0 Å². The molecule has 0 saturated carbocycles. The molecule has 1 N–H and O–H groups in total. The fraction of sp³-hybridized carbons (Fsp3) is 0.471. The Kier molecular flexibility index (Phi) is 5.73. The van der Waals surface area contributed by atoms with Crippen molar-refractivity contribution >= 4 is 15.9 Å². The van der Waals surface area contributed by atoms with Crippen LogP contribution in [0.3, 0.4) is 0 Å². The van der Waals surface area contributed by atoms with Crippen LogP contribution in [0.5, 0.6) is 0 Å². The van der Waals surface area contributed by atoms with Crippen LogP contribution in [-0.2, 0) is 15.6 Å². The molecule has 8 nitrogen and oxygen atoms in total. The molecule has 1 aromatic heterocycles. The second-order valence-corrected chi connectivity index (χ2v) is 8.24. The van der Waals surface area contributed by atoms with Gasteiger partial charge in [0.25, 0.3) is 0 Å². The molecular formula is C17H21FN4O4S. The molecule has 146 valence electrons. The number of sulfone groups is 1. The number of carbonyl (C=O) groups is 1. The Hall–Kier alpha value is -2.49. The van der Waals surface area contributed by atoms with Gasteiger partial charge in [0.15, 0.2) is 0 Å². The number of urea groups is 1. The zero-order valence-corrected chi connectivity index (χ0v) is 15.7. The summed E-state index contributed by atoms with van der Waals surface area (Å²) in [6.07, 6.45) is 2.21. The summed E-state index contributed by atoms with van der Waals surface area (Å²) >= 11 is 0. The lowest BCUT2D eigenvalue weighted by atomic mass is 10.2. The standard InChI is InChI=1S/C17H21FN4O4S/c1-2-9-19-16(23)22-10-3-4-14(22)15-20-21-17(26-15)27(24,25)11-12-5-7-13(18)8-6-12/h5-8,14H,2-4,9-11H2,1H3,(H,19,23)/t14-/m0/s1. The maximum absolute atomic E-state index is 13.0. The van der Waals surface area contributed by atoms with Crippen LogP contribution in [0, 0.1) is 5.82 Å². The van der Waals surface area contributed by atoms with Crippen molar-refractivity contribution < 1.29 is 22.0 Å². The van der Waals surface area contributed by atoms with Crippen molar-refractivity contribution in [1.82, 2.24) is 20.4 Å². The minimum absolute atomic E-state index is 0.108. The van der Waals surface area contributed by atoms with Crippen LogP contribution in [-0.4, -0.2) is 42.6 Å². The van der Waals surface area contributed by atoms with Gasteiger partial charge in [-0.15, -0.1) is 5.10 Å². The molecular weight excluding hydrogens is 375 g/mol. The first-order valence-corrected chi connectivity index (χ1v) is 10.4. The largest absolute Gasteiger partial charge is 0.410 e. The van der Waals surface area contributed by atoms with Crippen molar-refractivity contribution in [2.24, 2.45) is 0 Å². The van der Waals surface area contributed by atoms with Crippen LogP contribution in [0.1, 0.15) is 43.7 Å². The number of benzene rings is 1. The Morgan fingerprint density at radius 2 is 2.07 bits per heavy atom. The summed E-state index contributed by atoms with van der Waals surface area (Å²) < 4.78 is 43.4. The number of hydrogen-bond acceptors (Lipinski definition) is 6. The number of nitrogens with zero attached hydrogens (tertiary/aromatic N) is 3. The van der Waals surface area contributed by atoms with E-state index in [0.29, 0.717) is 25.1 Å². The molecule has 10 heteroatoms. The van der Waals surface area contributed by atoms with Crippen LogP contribution >= 0.6 is 0 Å². The third-order valence-corrected chi connectivity index (χ3v) is 5.69. The van der Waals surface area contributed by atoms with Gasteiger partial charge in [-0.25, -0.2) is 17.6 Å². The van der Waals surface area contributed by atoms with E-state index in [2.05, 4.69) is 15.5 Å². The third kappa shape index (κ3) is 4.44. The molecule has 2 amide bonds. The lowest BCUT2D eigenvalue weighted by Crippen LogP contribution is -2.39. The molecule has 27 heavy (non-hydrogen) atoms. The normalized spacial score (nSPS) is 17.3. The predicted octanol–water partition coefficient (Wildman–Crippen LogP) is 2.44. The summed E-state index contributed by atoms with van der Waals surface area (Å²) in [5, 5.41) is 9.82. The highest BCUT2D eigenvalue weighted by Gasteiger charge is 2.35. The van der Waals surface area contributed by atoms with Gasteiger partial charge in [0.2, 0.25) is 15.7 Å². The Balaban J connectivity index is 1.75. The molecule has 1 atom stereocenters. The molecule has 0 spiro atoms. The number of rotatable bonds is 6. The maximum atomic E-state index is 13.0. The first-order valence-electron chi connectivity index (χ1n) is 8.76. The van der Waals surface area contributed by atoms with E-state index in [4.69, 9.17) is 4.42 Å². The van der Waals surface area contributed by atoms with Gasteiger partial charge < -0.3 is 14.6 Å². The summed E-state index contributed by atoms with van der Waals surface area (Å²) in [4.78, 5) is 13.8. The van der Waals surface area contributed by atoms with E-state index in [1.807, 2.05) is 6.92 Å². The number of amides is 2. The van der Waals surface area contributed by atoms with Crippen LogP contribution < -0.4 is 5.32 Å². The number of likely N-dealkylation sites (tertiary alicyclic amines) is 1. The van der Waals surface area contributed by atoms with Crippen molar-refractivity contribution in [3.05, 3.63) is 41.5 Å². The molecule has 1 saturated heterocycles. The van der Waals surface area contributed by atoms with E-state index < -0.39 is 26.9 Å². The first-order chi connectivity index (χ1) is 12.9. The highest BCUT2D eigenvalue weighted by molar-refractivity contribution is 7.90. The van der Waals surface area contributed by atoms with E-state index in [1.54, 1.807) is 4.90 Å². The molecule has 0 radical (unpaired) electrons. The van der Waals surface area contributed by atoms with E-state index in [1.165, 1.54) is 24.3 Å². The Labute approximate surface area is 156 Å². The molecule has 0 aliphatic carbocycles. The molecule has 2 heterocycles. The fourth-order valence-corrected chi connectivity index (χ4v) is 4.07. The number of nitrogens with one attached hydrogen (secondary N) is 1. The third-order valence-electron chi connectivity index (χ3n) is 4.28. The van der Waals surface area contributed by atoms with Crippen molar-refractivity contribution in [2.45, 2.75) is 43.2 Å². The zero-order chi connectivity index (χ0) is 19.4. The van der Waals surface area contributed by atoms with Crippen LogP contribution in [0.25, 0.3) is 0 Å². The minimum Gasteiger partial charge on any atom is -0.410 e. The Morgan fingerprint density at radius 3 is 2.78 bits per heavy atom. The highest BCUT2D eigenvalue weighted by Crippen LogP contribution is 2.32. The zero-order valence-electron chi connectivity index (χ0n) is 14.9. The second-order valence-electron chi connectivity index (χ2n) is 6.38. The van der Waals surface area contributed by atoms with Gasteiger partial charge in [-0.1, -0.05) is 24.2 Å². The number of hydrogen-bond donors (Lipinski definition) is 1. The Morgan fingerprint density at radius 1 is 1.33 bits per heavy atom. The molecule has 1 fully saturated rings. The average molecular weight is 396 g/mol. The lowest BCUT2D eigenvalue weighted by Gasteiger charge is -2.22. The van der Waals surface area contributed by atoms with Gasteiger partial charge in [-0.05, 0) is 37.0 Å². The van der Waals surface area contributed by atoms with E-state index in [9.17, 15) is 17.6 Å². The van der Waals surface area contributed by atoms with Gasteiger partial charge in [-0.3, -0.25) is 0 Å². The van der Waals surface area contributed by atoms with Crippen LogP contribution in [0.4, 0.5) is 9.18 Å². The molecule has 2 aromatic rings. The summed E-state index contributed by atoms with van der Waals surface area (Å²) in [6.45, 7) is 3.06. The molecule has 1 aromatic carbocycles. The highest BCUT2D eigenvalue weighted by atomic mass is 32.2. The van der Waals surface area contributed by atoms with E-state index in [0.717, 1.165) is 12.8 Å². The monoisotopic (exact) mass is 396 g/mol. The van der Waals surface area contributed by atoms with Gasteiger partial charge in [0.1, 0.15) is 11.9 Å². The van der Waals surface area contributed by atoms with E-state index >= 15 is 0 Å². The molecule has 0 unspecified atom stereocenters. The van der Waals surface area contributed by atoms with E-state index in [-0.39, 0.29) is 17.7 Å². The van der Waals surface area contributed by atoms with Gasteiger partial charge >= 0.3 is 11.3 Å². The molecule has 0 bridgehead atoms. The fourth-order valence-electron chi connectivity index (χ4n) is 2.94. The number of aromatic nitrogens is 2. The van der Waals surface area contributed by atoms with Gasteiger partial charge in [-0.2, -0.15) is 0 Å². The first kappa shape index (κ1) is 19.3. The smallest absolute Gasteiger partial charge is 0.335 e. The van der Waals surface area contributed by atoms with Crippen molar-refractivity contribution in [2.75, 3.05) is 13.1 Å². The summed E-state index contributed by atoms with van der Waals surface area (Å²) in [6, 6.07) is 4.49. The predicted molar refractivity (Wildman–Crippen MR) is 94.0 cm³/mol. The number of carbonyl (C=O) groups excluding carboxylic acids is 1. The van der Waals surface area contributed by atoms with Gasteiger partial charge in [0, 0.05) is 13.1 Å². The van der Waals surface area contributed by atoms with Crippen molar-refractivity contribution in [3.63, 3.8) is 0 Å². The SMILES string of the molecule is CCCNC(=O)N1CCC[C@H]1c1nnc(S(=O)(=O)Cc2ccc(F)cc2)o1. The number of halogens is 1. The summed E-state index contributed by atoms with van der Waals surface area (Å²) in [7, 11) is -3.87. The lowest BCUT2D eigenvalue weighted by molar-refractivity contribution is 0.182. The summed E-state index contributed by atoms with van der Waals surface area (Å²) in [5.41, 5.74) is 0.414. The second kappa shape index (κ2) is 8.03. The molecule has 3 rings (SSSR count). The van der Waals surface area contributed by atoms with Crippen LogP contribution in [0.2, 0.25) is 0 Å². The van der Waals surface area contributed by atoms with Gasteiger partial charge in [0.05, 0.1) is 5.75 Å². The summed E-state index contributed by atoms with van der Waals surface area (Å²) in [5.74, 6) is -0.712. The topological polar surface area (TPSA) is 105 Å². The quantitative estimate of drug-likeness (QED) is 0.804. The van der Waals surface area contributed by atoms with Crippen LogP contribution in [0.15, 0.2) is 33.9 Å². The van der Waals surface area contributed by atoms with Crippen molar-refractivity contribution in [3.8, 4) is 0 Å². The molecule has 1 aliphatic heterocycles. The maximum Gasteiger partial charge on any atom is 0.335 e. The molecule has 1 aliphatic rings. The average Bonchev–Trinajstić information content (AvgIpc) is 3.30. The minimum atomic E-state index is -3.87. The Bertz CT molecular complexity index is 898.